The van der Waals surface area contributed by atoms with Gasteiger partial charge in [-0.2, -0.15) is 0 Å². The molecule has 0 aliphatic rings. The number of fused-ring (bicyclic) bond motifs is 1. The molecule has 0 spiro atoms. The van der Waals surface area contributed by atoms with Crippen molar-refractivity contribution >= 4 is 28.5 Å². The van der Waals surface area contributed by atoms with Crippen LogP contribution >= 0.6 is 0 Å². The fraction of sp³-hybridized carbons (Fsp3) is 0.219. The second-order valence-electron chi connectivity index (χ2n) is 9.46. The van der Waals surface area contributed by atoms with E-state index in [-0.39, 0.29) is 19.4 Å². The molecule has 0 aliphatic carbocycles. The SMILES string of the molecule is O=C(CC(NC(=O)NCc1ccccc1)c1ccc2ccccc2c1)NCC(=O)C(O)CCc1ccccc1. The van der Waals surface area contributed by atoms with Gasteiger partial charge in [-0.3, -0.25) is 9.59 Å². The Morgan fingerprint density at radius 3 is 2.08 bits per heavy atom. The van der Waals surface area contributed by atoms with Crippen LogP contribution in [0.4, 0.5) is 4.79 Å². The molecular weight excluding hydrogens is 490 g/mol. The van der Waals surface area contributed by atoms with Crippen LogP contribution in [0.1, 0.15) is 35.6 Å². The summed E-state index contributed by atoms with van der Waals surface area (Å²) in [4.78, 5) is 38.0. The summed E-state index contributed by atoms with van der Waals surface area (Å²) in [5.74, 6) is -0.852. The van der Waals surface area contributed by atoms with E-state index in [1.807, 2.05) is 103 Å². The molecule has 0 aromatic heterocycles. The average molecular weight is 524 g/mol. The number of amides is 3. The predicted octanol–water partition coefficient (Wildman–Crippen LogP) is 4.45. The number of carbonyl (C=O) groups excluding carboxylic acids is 3. The van der Waals surface area contributed by atoms with Crippen LogP contribution in [0.25, 0.3) is 10.8 Å². The molecule has 4 aromatic rings. The molecule has 0 heterocycles. The number of benzene rings is 4. The fourth-order valence-corrected chi connectivity index (χ4v) is 4.33. The van der Waals surface area contributed by atoms with Crippen molar-refractivity contribution in [2.45, 2.75) is 38.0 Å². The Balaban J connectivity index is 1.36. The highest BCUT2D eigenvalue weighted by atomic mass is 16.3. The summed E-state index contributed by atoms with van der Waals surface area (Å²) in [7, 11) is 0. The van der Waals surface area contributed by atoms with E-state index in [9.17, 15) is 19.5 Å². The Morgan fingerprint density at radius 2 is 1.36 bits per heavy atom. The second-order valence-corrected chi connectivity index (χ2v) is 9.46. The van der Waals surface area contributed by atoms with Gasteiger partial charge in [0.15, 0.2) is 5.78 Å². The molecule has 7 nitrogen and oxygen atoms in total. The number of urea groups is 1. The van der Waals surface area contributed by atoms with Crippen LogP contribution in [0.15, 0.2) is 103 Å². The Kier molecular flexibility index (Phi) is 9.80. The quantitative estimate of drug-likeness (QED) is 0.220. The Labute approximate surface area is 228 Å². The maximum Gasteiger partial charge on any atom is 0.315 e. The molecule has 7 heteroatoms. The third-order valence-electron chi connectivity index (χ3n) is 6.55. The Hall–Kier alpha value is -4.49. The molecule has 3 amide bonds. The van der Waals surface area contributed by atoms with Crippen molar-refractivity contribution in [2.24, 2.45) is 0 Å². The predicted molar refractivity (Wildman–Crippen MR) is 152 cm³/mol. The summed E-state index contributed by atoms with van der Waals surface area (Å²) in [6.45, 7) is 0.0676. The molecule has 0 fully saturated rings. The summed E-state index contributed by atoms with van der Waals surface area (Å²) in [5.41, 5.74) is 2.76. The third-order valence-corrected chi connectivity index (χ3v) is 6.55. The molecule has 0 saturated heterocycles. The molecule has 0 aliphatic heterocycles. The first-order valence-electron chi connectivity index (χ1n) is 13.1. The third kappa shape index (κ3) is 8.51. The van der Waals surface area contributed by atoms with Crippen molar-refractivity contribution in [3.05, 3.63) is 120 Å². The van der Waals surface area contributed by atoms with Crippen LogP contribution in [0, 0.1) is 0 Å². The van der Waals surface area contributed by atoms with E-state index in [4.69, 9.17) is 0 Å². The number of carbonyl (C=O) groups is 3. The van der Waals surface area contributed by atoms with Gasteiger partial charge in [0.2, 0.25) is 5.91 Å². The highest BCUT2D eigenvalue weighted by Gasteiger charge is 2.21. The van der Waals surface area contributed by atoms with Crippen LogP contribution < -0.4 is 16.0 Å². The van der Waals surface area contributed by atoms with Crippen LogP contribution in [-0.4, -0.2) is 35.5 Å². The van der Waals surface area contributed by atoms with Crippen molar-refractivity contribution in [3.63, 3.8) is 0 Å². The number of aryl methyl sites for hydroxylation is 1. The van der Waals surface area contributed by atoms with Gasteiger partial charge in [0.25, 0.3) is 0 Å². The lowest BCUT2D eigenvalue weighted by Crippen LogP contribution is -2.41. The largest absolute Gasteiger partial charge is 0.385 e. The zero-order valence-corrected chi connectivity index (χ0v) is 21.7. The molecule has 2 unspecified atom stereocenters. The summed E-state index contributed by atoms with van der Waals surface area (Å²) >= 11 is 0. The van der Waals surface area contributed by atoms with Gasteiger partial charge in [0, 0.05) is 6.54 Å². The Bertz CT molecular complexity index is 1390. The lowest BCUT2D eigenvalue weighted by atomic mass is 9.99. The van der Waals surface area contributed by atoms with Crippen molar-refractivity contribution in [2.75, 3.05) is 6.54 Å². The number of Topliss-reactive ketones (excluding diaryl/α,β-unsaturated/α-hetero) is 1. The summed E-state index contributed by atoms with van der Waals surface area (Å²) in [6, 6.07) is 31.8. The summed E-state index contributed by atoms with van der Waals surface area (Å²) < 4.78 is 0. The standard InChI is InChI=1S/C32H33N3O4/c36-29(18-15-23-9-3-1-4-10-23)30(37)22-33-31(38)20-28(27-17-16-25-13-7-8-14-26(25)19-27)35-32(39)34-21-24-11-5-2-6-12-24/h1-14,16-17,19,28-29,36H,15,18,20-22H2,(H,33,38)(H2,34,35,39). The molecule has 4 N–H and O–H groups in total. The molecule has 200 valence electrons. The molecule has 0 saturated carbocycles. The van der Waals surface area contributed by atoms with Crippen molar-refractivity contribution in [1.29, 1.82) is 0 Å². The number of hydrogen-bond donors (Lipinski definition) is 4. The minimum absolute atomic E-state index is 0.0650. The lowest BCUT2D eigenvalue weighted by molar-refractivity contribution is -0.130. The molecule has 4 aromatic carbocycles. The fourth-order valence-electron chi connectivity index (χ4n) is 4.33. The van der Waals surface area contributed by atoms with E-state index in [1.165, 1.54) is 0 Å². The highest BCUT2D eigenvalue weighted by molar-refractivity contribution is 5.89. The normalized spacial score (nSPS) is 12.3. The number of hydrogen-bond acceptors (Lipinski definition) is 4. The first-order valence-corrected chi connectivity index (χ1v) is 13.1. The van der Waals surface area contributed by atoms with E-state index in [0.29, 0.717) is 13.0 Å². The number of ketones is 1. The van der Waals surface area contributed by atoms with Gasteiger partial charge >= 0.3 is 6.03 Å². The van der Waals surface area contributed by atoms with Gasteiger partial charge in [-0.1, -0.05) is 97.1 Å². The smallest absolute Gasteiger partial charge is 0.315 e. The monoisotopic (exact) mass is 523 g/mol. The van der Waals surface area contributed by atoms with Gasteiger partial charge < -0.3 is 21.1 Å². The number of aliphatic hydroxyl groups is 1. The number of nitrogens with one attached hydrogen (secondary N) is 3. The lowest BCUT2D eigenvalue weighted by Gasteiger charge is -2.20. The van der Waals surface area contributed by atoms with Gasteiger partial charge in [-0.25, -0.2) is 4.79 Å². The average Bonchev–Trinajstić information content (AvgIpc) is 2.98. The molecule has 2 atom stereocenters. The van der Waals surface area contributed by atoms with E-state index >= 15 is 0 Å². The molecule has 0 radical (unpaired) electrons. The number of aliphatic hydroxyl groups excluding tert-OH is 1. The van der Waals surface area contributed by atoms with Gasteiger partial charge in [0.05, 0.1) is 19.0 Å². The summed E-state index contributed by atoms with van der Waals surface area (Å²) in [5, 5.41) is 20.6. The van der Waals surface area contributed by atoms with Crippen molar-refractivity contribution in [3.8, 4) is 0 Å². The zero-order chi connectivity index (χ0) is 27.5. The minimum Gasteiger partial charge on any atom is -0.385 e. The van der Waals surface area contributed by atoms with E-state index in [2.05, 4.69) is 16.0 Å². The van der Waals surface area contributed by atoms with Gasteiger partial charge in [0.1, 0.15) is 6.10 Å². The van der Waals surface area contributed by atoms with Crippen molar-refractivity contribution < 1.29 is 19.5 Å². The topological polar surface area (TPSA) is 108 Å². The van der Waals surface area contributed by atoms with Gasteiger partial charge in [-0.05, 0) is 46.4 Å². The molecule has 4 rings (SSSR count). The van der Waals surface area contributed by atoms with Gasteiger partial charge in [-0.15, -0.1) is 0 Å². The van der Waals surface area contributed by atoms with E-state index < -0.39 is 29.9 Å². The maximum atomic E-state index is 12.8. The summed E-state index contributed by atoms with van der Waals surface area (Å²) in [6.07, 6.45) is -0.386. The van der Waals surface area contributed by atoms with Crippen LogP contribution in [-0.2, 0) is 22.6 Å². The minimum atomic E-state index is -1.16. The van der Waals surface area contributed by atoms with E-state index in [0.717, 1.165) is 27.5 Å². The second kappa shape index (κ2) is 13.9. The molecular formula is C32H33N3O4. The van der Waals surface area contributed by atoms with Crippen LogP contribution in [0.3, 0.4) is 0 Å². The van der Waals surface area contributed by atoms with Crippen LogP contribution in [0.5, 0.6) is 0 Å². The van der Waals surface area contributed by atoms with Crippen LogP contribution in [0.2, 0.25) is 0 Å². The molecule has 39 heavy (non-hydrogen) atoms. The van der Waals surface area contributed by atoms with E-state index in [1.54, 1.807) is 0 Å². The maximum absolute atomic E-state index is 12.8. The first kappa shape index (κ1) is 27.5. The molecule has 0 bridgehead atoms. The highest BCUT2D eigenvalue weighted by Crippen LogP contribution is 2.23. The van der Waals surface area contributed by atoms with Crippen molar-refractivity contribution in [1.82, 2.24) is 16.0 Å². The first-order chi connectivity index (χ1) is 19.0. The number of rotatable bonds is 12. The Morgan fingerprint density at radius 1 is 0.718 bits per heavy atom. The zero-order valence-electron chi connectivity index (χ0n) is 21.7.